The van der Waals surface area contributed by atoms with Gasteiger partial charge < -0.3 is 10.1 Å². The first-order chi connectivity index (χ1) is 11.9. The molecule has 3 N–H and O–H groups in total. The molecular weight excluding hydrogens is 390 g/mol. The summed E-state index contributed by atoms with van der Waals surface area (Å²) in [5.41, 5.74) is 4.62. The number of carbonyl (C=O) groups excluding carboxylic acids is 3. The molecule has 0 saturated heterocycles. The summed E-state index contributed by atoms with van der Waals surface area (Å²) >= 11 is 3.32. The standard InChI is InChI=1S/C17H22BrN3O4/c1-10-8-14(10)17(24)19-7-6-15(22)20-21-16(23)11(2)25-13-5-3-4-12(18)9-13/h3-5,9-11,14H,6-8H2,1-2H3,(H,19,24)(H,20,22)(H,21,23). The minimum absolute atomic E-state index is 0.0135. The van der Waals surface area contributed by atoms with Gasteiger partial charge in [-0.3, -0.25) is 25.2 Å². The highest BCUT2D eigenvalue weighted by atomic mass is 79.9. The van der Waals surface area contributed by atoms with Crippen LogP contribution in [0, 0.1) is 11.8 Å². The van der Waals surface area contributed by atoms with E-state index in [1.807, 2.05) is 13.0 Å². The largest absolute Gasteiger partial charge is 0.481 e. The average Bonchev–Trinajstić information content (AvgIpc) is 3.29. The first-order valence-corrected chi connectivity index (χ1v) is 8.94. The number of nitrogens with one attached hydrogen (secondary N) is 3. The van der Waals surface area contributed by atoms with Gasteiger partial charge in [0.1, 0.15) is 5.75 Å². The molecule has 7 nitrogen and oxygen atoms in total. The van der Waals surface area contributed by atoms with Crippen LogP contribution in [-0.2, 0) is 14.4 Å². The second kappa shape index (κ2) is 8.84. The third-order valence-electron chi connectivity index (χ3n) is 3.90. The topological polar surface area (TPSA) is 96.5 Å². The fourth-order valence-corrected chi connectivity index (χ4v) is 2.59. The van der Waals surface area contributed by atoms with Gasteiger partial charge in [0, 0.05) is 23.4 Å². The Morgan fingerprint density at radius 2 is 2.04 bits per heavy atom. The molecule has 0 aliphatic heterocycles. The van der Waals surface area contributed by atoms with Gasteiger partial charge in [-0.1, -0.05) is 28.9 Å². The molecule has 0 spiro atoms. The molecule has 1 aliphatic carbocycles. The van der Waals surface area contributed by atoms with Gasteiger partial charge in [-0.15, -0.1) is 0 Å². The molecule has 1 aliphatic rings. The molecular formula is C17H22BrN3O4. The first-order valence-electron chi connectivity index (χ1n) is 8.15. The van der Waals surface area contributed by atoms with E-state index < -0.39 is 12.0 Å². The van der Waals surface area contributed by atoms with E-state index >= 15 is 0 Å². The van der Waals surface area contributed by atoms with Crippen LogP contribution in [-0.4, -0.2) is 30.4 Å². The van der Waals surface area contributed by atoms with Crippen molar-refractivity contribution < 1.29 is 19.1 Å². The van der Waals surface area contributed by atoms with Crippen LogP contribution in [0.5, 0.6) is 5.75 Å². The Bertz CT molecular complexity index is 653. The second-order valence-electron chi connectivity index (χ2n) is 6.12. The molecule has 1 aromatic rings. The molecule has 1 aromatic carbocycles. The van der Waals surface area contributed by atoms with Gasteiger partial charge in [0.25, 0.3) is 5.91 Å². The molecule has 3 atom stereocenters. The van der Waals surface area contributed by atoms with E-state index in [1.54, 1.807) is 25.1 Å². The summed E-state index contributed by atoms with van der Waals surface area (Å²) in [7, 11) is 0. The summed E-state index contributed by atoms with van der Waals surface area (Å²) in [5.74, 6) is 0.190. The van der Waals surface area contributed by atoms with Gasteiger partial charge >= 0.3 is 0 Å². The monoisotopic (exact) mass is 411 g/mol. The van der Waals surface area contributed by atoms with Crippen LogP contribution in [0.3, 0.4) is 0 Å². The van der Waals surface area contributed by atoms with Crippen molar-refractivity contribution in [3.8, 4) is 5.75 Å². The van der Waals surface area contributed by atoms with Crippen molar-refractivity contribution in [2.75, 3.05) is 6.54 Å². The second-order valence-corrected chi connectivity index (χ2v) is 7.03. The summed E-state index contributed by atoms with van der Waals surface area (Å²) in [6.45, 7) is 3.84. The molecule has 3 unspecified atom stereocenters. The third kappa shape index (κ3) is 6.38. The summed E-state index contributed by atoms with van der Waals surface area (Å²) in [6.07, 6.45) is 0.225. The van der Waals surface area contributed by atoms with Crippen LogP contribution < -0.4 is 20.9 Å². The summed E-state index contributed by atoms with van der Waals surface area (Å²) in [5, 5.41) is 2.71. The summed E-state index contributed by atoms with van der Waals surface area (Å²) < 4.78 is 6.34. The molecule has 3 amide bonds. The van der Waals surface area contributed by atoms with Gasteiger partial charge in [-0.25, -0.2) is 0 Å². The highest BCUT2D eigenvalue weighted by molar-refractivity contribution is 9.10. The van der Waals surface area contributed by atoms with Crippen molar-refractivity contribution in [1.82, 2.24) is 16.2 Å². The van der Waals surface area contributed by atoms with E-state index in [0.29, 0.717) is 11.7 Å². The average molecular weight is 412 g/mol. The SMILES string of the molecule is CC(Oc1cccc(Br)c1)C(=O)NNC(=O)CCNC(=O)C1CC1C. The van der Waals surface area contributed by atoms with Crippen molar-refractivity contribution in [2.45, 2.75) is 32.8 Å². The number of rotatable bonds is 7. The lowest BCUT2D eigenvalue weighted by atomic mass is 10.3. The molecule has 0 heterocycles. The maximum Gasteiger partial charge on any atom is 0.279 e. The van der Waals surface area contributed by atoms with E-state index in [2.05, 4.69) is 32.1 Å². The highest BCUT2D eigenvalue weighted by Crippen LogP contribution is 2.37. The fraction of sp³-hybridized carbons (Fsp3) is 0.471. The molecule has 2 rings (SSSR count). The molecule has 0 bridgehead atoms. The van der Waals surface area contributed by atoms with Gasteiger partial charge in [0.15, 0.2) is 6.10 Å². The Morgan fingerprint density at radius 1 is 1.32 bits per heavy atom. The smallest absolute Gasteiger partial charge is 0.279 e. The van der Waals surface area contributed by atoms with Crippen molar-refractivity contribution in [3.63, 3.8) is 0 Å². The molecule has 25 heavy (non-hydrogen) atoms. The lowest BCUT2D eigenvalue weighted by Gasteiger charge is -2.15. The molecule has 136 valence electrons. The molecule has 1 fully saturated rings. The van der Waals surface area contributed by atoms with E-state index in [0.717, 1.165) is 10.9 Å². The van der Waals surface area contributed by atoms with Gasteiger partial charge in [-0.2, -0.15) is 0 Å². The zero-order valence-corrected chi connectivity index (χ0v) is 15.8. The minimum Gasteiger partial charge on any atom is -0.481 e. The summed E-state index contributed by atoms with van der Waals surface area (Å²) in [6, 6.07) is 7.12. The van der Waals surface area contributed by atoms with Gasteiger partial charge in [-0.05, 0) is 37.5 Å². The zero-order valence-electron chi connectivity index (χ0n) is 14.2. The number of hydrogen-bond acceptors (Lipinski definition) is 4. The lowest BCUT2D eigenvalue weighted by Crippen LogP contribution is -2.47. The number of amides is 3. The highest BCUT2D eigenvalue weighted by Gasteiger charge is 2.38. The van der Waals surface area contributed by atoms with Crippen LogP contribution in [0.25, 0.3) is 0 Å². The maximum atomic E-state index is 11.9. The van der Waals surface area contributed by atoms with Crippen LogP contribution >= 0.6 is 15.9 Å². The lowest BCUT2D eigenvalue weighted by molar-refractivity contribution is -0.132. The van der Waals surface area contributed by atoms with Gasteiger partial charge in [0.05, 0.1) is 0 Å². The Labute approximate surface area is 155 Å². The van der Waals surface area contributed by atoms with Crippen molar-refractivity contribution in [3.05, 3.63) is 28.7 Å². The first kappa shape index (κ1) is 19.2. The molecule has 0 radical (unpaired) electrons. The molecule has 0 aromatic heterocycles. The number of benzene rings is 1. The van der Waals surface area contributed by atoms with Crippen LogP contribution in [0.2, 0.25) is 0 Å². The Morgan fingerprint density at radius 3 is 2.68 bits per heavy atom. The van der Waals surface area contributed by atoms with Crippen molar-refractivity contribution >= 4 is 33.7 Å². The zero-order chi connectivity index (χ0) is 18.4. The van der Waals surface area contributed by atoms with Crippen LogP contribution in [0.1, 0.15) is 26.7 Å². The van der Waals surface area contributed by atoms with E-state index in [4.69, 9.17) is 4.74 Å². The van der Waals surface area contributed by atoms with E-state index in [-0.39, 0.29) is 30.7 Å². The van der Waals surface area contributed by atoms with Gasteiger partial charge in [0.2, 0.25) is 11.8 Å². The number of hydrogen-bond donors (Lipinski definition) is 3. The Balaban J connectivity index is 1.63. The maximum absolute atomic E-state index is 11.9. The molecule has 8 heteroatoms. The van der Waals surface area contributed by atoms with E-state index in [9.17, 15) is 14.4 Å². The van der Waals surface area contributed by atoms with Crippen molar-refractivity contribution in [2.24, 2.45) is 11.8 Å². The quantitative estimate of drug-likeness (QED) is 0.592. The van der Waals surface area contributed by atoms with Crippen molar-refractivity contribution in [1.29, 1.82) is 0 Å². The Kier molecular flexibility index (Phi) is 6.81. The normalized spacial score (nSPS) is 19.5. The summed E-state index contributed by atoms with van der Waals surface area (Å²) in [4.78, 5) is 35.2. The van der Waals surface area contributed by atoms with Crippen LogP contribution in [0.15, 0.2) is 28.7 Å². The number of ether oxygens (including phenoxy) is 1. The van der Waals surface area contributed by atoms with Crippen LogP contribution in [0.4, 0.5) is 0 Å². The number of carbonyl (C=O) groups is 3. The van der Waals surface area contributed by atoms with E-state index in [1.165, 1.54) is 0 Å². The number of hydrazine groups is 1. The predicted octanol–water partition coefficient (Wildman–Crippen LogP) is 1.53. The third-order valence-corrected chi connectivity index (χ3v) is 4.39. The minimum atomic E-state index is -0.773. The molecule has 1 saturated carbocycles. The number of halogens is 1. The Hall–Kier alpha value is -2.09. The predicted molar refractivity (Wildman–Crippen MR) is 95.4 cm³/mol. The fourth-order valence-electron chi connectivity index (χ4n) is 2.21.